The molecule has 0 aliphatic carbocycles. The summed E-state index contributed by atoms with van der Waals surface area (Å²) in [6.07, 6.45) is 5.25. The first-order chi connectivity index (χ1) is 19.6. The van der Waals surface area contributed by atoms with E-state index in [9.17, 15) is 4.79 Å². The number of hydrazone groups is 1. The van der Waals surface area contributed by atoms with Crippen LogP contribution in [0.3, 0.4) is 0 Å². The number of carbonyl (C=O) groups excluding carboxylic acids is 1. The van der Waals surface area contributed by atoms with Gasteiger partial charge in [0.1, 0.15) is 12.4 Å². The molecule has 1 aliphatic heterocycles. The van der Waals surface area contributed by atoms with Gasteiger partial charge in [0.05, 0.1) is 6.21 Å². The molecule has 4 aromatic rings. The van der Waals surface area contributed by atoms with Gasteiger partial charge in [-0.2, -0.15) is 5.10 Å². The van der Waals surface area contributed by atoms with Gasteiger partial charge < -0.3 is 4.74 Å². The summed E-state index contributed by atoms with van der Waals surface area (Å²) in [7, 11) is 0. The number of nitrogens with one attached hydrogen (secondary N) is 1. The summed E-state index contributed by atoms with van der Waals surface area (Å²) in [6, 6.07) is 33.7. The topological polar surface area (TPSA) is 53.9 Å². The summed E-state index contributed by atoms with van der Waals surface area (Å²) in [6.45, 7) is 3.61. The third kappa shape index (κ3) is 8.28. The number of benzene rings is 4. The summed E-state index contributed by atoms with van der Waals surface area (Å²) < 4.78 is 5.81. The van der Waals surface area contributed by atoms with Crippen LogP contribution in [0.5, 0.6) is 5.75 Å². The van der Waals surface area contributed by atoms with E-state index in [0.29, 0.717) is 17.2 Å². The van der Waals surface area contributed by atoms with E-state index >= 15 is 0 Å². The van der Waals surface area contributed by atoms with Crippen molar-refractivity contribution in [1.82, 2.24) is 10.3 Å². The summed E-state index contributed by atoms with van der Waals surface area (Å²) in [5, 5.41) is 4.82. The molecule has 40 heavy (non-hydrogen) atoms. The lowest BCUT2D eigenvalue weighted by atomic mass is 9.90. The predicted molar refractivity (Wildman–Crippen MR) is 162 cm³/mol. The average Bonchev–Trinajstić information content (AvgIpc) is 2.99. The molecule has 0 aromatic heterocycles. The smallest absolute Gasteiger partial charge is 0.271 e. The van der Waals surface area contributed by atoms with E-state index in [4.69, 9.17) is 16.3 Å². The van der Waals surface area contributed by atoms with Gasteiger partial charge in [0, 0.05) is 17.1 Å². The Morgan fingerprint density at radius 1 is 0.850 bits per heavy atom. The van der Waals surface area contributed by atoms with Crippen LogP contribution in [0.2, 0.25) is 5.02 Å². The summed E-state index contributed by atoms with van der Waals surface area (Å²) in [5.74, 6) is 1.29. The number of likely N-dealkylation sites (tertiary alicyclic amines) is 1. The molecule has 1 N–H and O–H groups in total. The molecule has 0 bridgehead atoms. The molecule has 1 heterocycles. The number of nitrogens with zero attached hydrogens (tertiary/aromatic N) is 2. The zero-order valence-electron chi connectivity index (χ0n) is 22.5. The fourth-order valence-corrected chi connectivity index (χ4v) is 5.07. The fourth-order valence-electron chi connectivity index (χ4n) is 4.94. The molecule has 0 unspecified atom stereocenters. The van der Waals surface area contributed by atoms with Crippen LogP contribution in [0.15, 0.2) is 108 Å². The molecule has 204 valence electrons. The van der Waals surface area contributed by atoms with Crippen molar-refractivity contribution in [3.63, 3.8) is 0 Å². The fraction of sp³-hybridized carbons (Fsp3) is 0.235. The van der Waals surface area contributed by atoms with Crippen LogP contribution in [-0.2, 0) is 19.6 Å². The highest BCUT2D eigenvalue weighted by atomic mass is 35.5. The number of hydrogen-bond donors (Lipinski definition) is 1. The monoisotopic (exact) mass is 551 g/mol. The average molecular weight is 552 g/mol. The van der Waals surface area contributed by atoms with E-state index in [2.05, 4.69) is 45.8 Å². The number of piperidine rings is 1. The first-order valence-corrected chi connectivity index (χ1v) is 14.1. The maximum Gasteiger partial charge on any atom is 0.271 e. The first-order valence-electron chi connectivity index (χ1n) is 13.8. The van der Waals surface area contributed by atoms with E-state index in [1.54, 1.807) is 6.21 Å². The highest BCUT2D eigenvalue weighted by Crippen LogP contribution is 2.23. The van der Waals surface area contributed by atoms with Crippen molar-refractivity contribution in [2.75, 3.05) is 13.1 Å². The molecule has 0 saturated carbocycles. The molecular formula is C34H34ClN3O2. The number of ether oxygens (including phenoxy) is 1. The van der Waals surface area contributed by atoms with Crippen LogP contribution in [0.4, 0.5) is 0 Å². The lowest BCUT2D eigenvalue weighted by molar-refractivity contribution is 0.0955. The van der Waals surface area contributed by atoms with Gasteiger partial charge in [-0.25, -0.2) is 5.43 Å². The molecule has 1 amide bonds. The number of amides is 1. The van der Waals surface area contributed by atoms with Crippen molar-refractivity contribution >= 4 is 23.7 Å². The third-order valence-corrected chi connectivity index (χ3v) is 7.53. The SMILES string of the molecule is O=C(N/N=C\c1ccc(OCc2ccc(Cl)cc2)cc1)c1ccc(CN2CCC(Cc3ccccc3)CC2)cc1. The van der Waals surface area contributed by atoms with Crippen molar-refractivity contribution < 1.29 is 9.53 Å². The Hall–Kier alpha value is -3.93. The van der Waals surface area contributed by atoms with Gasteiger partial charge in [0.15, 0.2) is 0 Å². The van der Waals surface area contributed by atoms with Crippen LogP contribution >= 0.6 is 11.6 Å². The zero-order chi connectivity index (χ0) is 27.6. The number of hydrogen-bond acceptors (Lipinski definition) is 4. The van der Waals surface area contributed by atoms with Gasteiger partial charge in [-0.05, 0) is 109 Å². The normalized spacial score (nSPS) is 14.3. The predicted octanol–water partition coefficient (Wildman–Crippen LogP) is 7.14. The van der Waals surface area contributed by atoms with Crippen molar-refractivity contribution in [3.8, 4) is 5.75 Å². The van der Waals surface area contributed by atoms with E-state index in [1.807, 2.05) is 72.8 Å². The van der Waals surface area contributed by atoms with Crippen LogP contribution in [0, 0.1) is 5.92 Å². The Bertz CT molecular complexity index is 1380. The maximum atomic E-state index is 12.6. The van der Waals surface area contributed by atoms with Crippen LogP contribution in [0.25, 0.3) is 0 Å². The second-order valence-corrected chi connectivity index (χ2v) is 10.7. The molecule has 5 rings (SSSR count). The van der Waals surface area contributed by atoms with Crippen LogP contribution in [-0.4, -0.2) is 30.1 Å². The molecule has 0 atom stereocenters. The van der Waals surface area contributed by atoms with Gasteiger partial charge in [-0.15, -0.1) is 0 Å². The molecule has 1 fully saturated rings. The first kappa shape index (κ1) is 27.6. The van der Waals surface area contributed by atoms with Crippen molar-refractivity contribution in [3.05, 3.63) is 136 Å². The lowest BCUT2D eigenvalue weighted by Gasteiger charge is -2.32. The third-order valence-electron chi connectivity index (χ3n) is 7.28. The standard InChI is InChI=1S/C34H34ClN3O2/c35-32-14-8-30(9-15-32)25-40-33-16-10-28(11-17-33)23-36-37-34(39)31-12-6-29(7-13-31)24-38-20-18-27(19-21-38)22-26-4-2-1-3-5-26/h1-17,23,27H,18-22,24-25H2,(H,37,39)/b36-23-. The molecular weight excluding hydrogens is 518 g/mol. The molecule has 1 saturated heterocycles. The lowest BCUT2D eigenvalue weighted by Crippen LogP contribution is -2.33. The molecule has 4 aromatic carbocycles. The zero-order valence-corrected chi connectivity index (χ0v) is 23.3. The minimum atomic E-state index is -0.229. The Morgan fingerprint density at radius 2 is 1.52 bits per heavy atom. The van der Waals surface area contributed by atoms with Crippen molar-refractivity contribution in [2.45, 2.75) is 32.4 Å². The minimum Gasteiger partial charge on any atom is -0.489 e. The van der Waals surface area contributed by atoms with Gasteiger partial charge in [0.2, 0.25) is 0 Å². The Kier molecular flexibility index (Phi) is 9.62. The van der Waals surface area contributed by atoms with Crippen molar-refractivity contribution in [1.29, 1.82) is 0 Å². The second kappa shape index (κ2) is 13.9. The molecule has 5 nitrogen and oxygen atoms in total. The van der Waals surface area contributed by atoms with Gasteiger partial charge in [-0.3, -0.25) is 9.69 Å². The molecule has 1 aliphatic rings. The number of rotatable bonds is 10. The van der Waals surface area contributed by atoms with E-state index in [1.165, 1.54) is 30.4 Å². The summed E-state index contributed by atoms with van der Waals surface area (Å²) in [4.78, 5) is 15.1. The van der Waals surface area contributed by atoms with E-state index in [0.717, 1.165) is 42.4 Å². The number of halogens is 1. The van der Waals surface area contributed by atoms with E-state index < -0.39 is 0 Å². The quantitative estimate of drug-likeness (QED) is 0.168. The van der Waals surface area contributed by atoms with Crippen LogP contribution < -0.4 is 10.2 Å². The van der Waals surface area contributed by atoms with Gasteiger partial charge in [0.25, 0.3) is 5.91 Å². The Balaban J connectivity index is 1.03. The van der Waals surface area contributed by atoms with E-state index in [-0.39, 0.29) is 5.91 Å². The molecule has 6 heteroatoms. The van der Waals surface area contributed by atoms with Gasteiger partial charge >= 0.3 is 0 Å². The van der Waals surface area contributed by atoms with Crippen LogP contribution in [0.1, 0.15) is 45.5 Å². The van der Waals surface area contributed by atoms with Gasteiger partial charge in [-0.1, -0.05) is 66.2 Å². The Labute approximate surface area is 241 Å². The largest absolute Gasteiger partial charge is 0.489 e. The Morgan fingerprint density at radius 3 is 2.23 bits per heavy atom. The maximum absolute atomic E-state index is 12.6. The highest BCUT2D eigenvalue weighted by Gasteiger charge is 2.19. The molecule has 0 radical (unpaired) electrons. The minimum absolute atomic E-state index is 0.229. The number of carbonyl (C=O) groups is 1. The second-order valence-electron chi connectivity index (χ2n) is 10.3. The summed E-state index contributed by atoms with van der Waals surface area (Å²) in [5.41, 5.74) is 7.78. The van der Waals surface area contributed by atoms with Crippen molar-refractivity contribution in [2.24, 2.45) is 11.0 Å². The highest BCUT2D eigenvalue weighted by molar-refractivity contribution is 6.30. The summed E-state index contributed by atoms with van der Waals surface area (Å²) >= 11 is 5.92. The molecule has 0 spiro atoms.